The van der Waals surface area contributed by atoms with Gasteiger partial charge in [-0.2, -0.15) is 0 Å². The van der Waals surface area contributed by atoms with Crippen molar-refractivity contribution >= 4 is 5.57 Å². The van der Waals surface area contributed by atoms with Crippen molar-refractivity contribution in [2.24, 2.45) is 0 Å². The van der Waals surface area contributed by atoms with Gasteiger partial charge < -0.3 is 5.32 Å². The molecule has 0 saturated heterocycles. The van der Waals surface area contributed by atoms with Crippen LogP contribution >= 0.6 is 0 Å². The first-order valence-electron chi connectivity index (χ1n) is 6.20. The molecule has 0 radical (unpaired) electrons. The summed E-state index contributed by atoms with van der Waals surface area (Å²) in [7, 11) is 1.87. The van der Waals surface area contributed by atoms with Crippen LogP contribution < -0.4 is 5.32 Å². The molecule has 0 aromatic heterocycles. The van der Waals surface area contributed by atoms with Crippen LogP contribution in [0.2, 0.25) is 0 Å². The molecule has 0 bridgehead atoms. The topological polar surface area (TPSA) is 12.0 Å². The molecule has 0 amide bonds. The summed E-state index contributed by atoms with van der Waals surface area (Å²) in [6.07, 6.45) is 8.76. The third kappa shape index (κ3) is 3.88. The Bertz CT molecular complexity index is 470. The highest BCUT2D eigenvalue weighted by molar-refractivity contribution is 5.74. The van der Waals surface area contributed by atoms with Gasteiger partial charge in [0, 0.05) is 18.3 Å². The number of nitrogens with one attached hydrogen (secondary N) is 1. The SMILES string of the molecule is C\C=C(/C=C\C(=C\CC)c1ccccc1F)NC. The van der Waals surface area contributed by atoms with E-state index in [1.54, 1.807) is 12.1 Å². The first-order chi connectivity index (χ1) is 8.72. The number of rotatable bonds is 5. The lowest BCUT2D eigenvalue weighted by atomic mass is 10.0. The second-order valence-corrected chi connectivity index (χ2v) is 3.87. The minimum absolute atomic E-state index is 0.187. The van der Waals surface area contributed by atoms with Crippen LogP contribution in [0.3, 0.4) is 0 Å². The lowest BCUT2D eigenvalue weighted by molar-refractivity contribution is 0.624. The summed E-state index contributed by atoms with van der Waals surface area (Å²) >= 11 is 0. The lowest BCUT2D eigenvalue weighted by Crippen LogP contribution is -2.02. The Labute approximate surface area is 109 Å². The summed E-state index contributed by atoms with van der Waals surface area (Å²) in [6, 6.07) is 6.85. The van der Waals surface area contributed by atoms with Crippen LogP contribution in [0.25, 0.3) is 5.57 Å². The van der Waals surface area contributed by atoms with Crippen molar-refractivity contribution in [1.29, 1.82) is 0 Å². The fraction of sp³-hybridized carbons (Fsp3) is 0.250. The van der Waals surface area contributed by atoms with Crippen molar-refractivity contribution in [3.63, 3.8) is 0 Å². The molecule has 0 saturated carbocycles. The molecule has 0 aliphatic heterocycles. The predicted octanol–water partition coefficient (Wildman–Crippen LogP) is 4.30. The van der Waals surface area contributed by atoms with Gasteiger partial charge in [-0.3, -0.25) is 0 Å². The monoisotopic (exact) mass is 245 g/mol. The zero-order valence-corrected chi connectivity index (χ0v) is 11.2. The van der Waals surface area contributed by atoms with Crippen molar-refractivity contribution in [2.45, 2.75) is 20.3 Å². The van der Waals surface area contributed by atoms with Gasteiger partial charge in [0.05, 0.1) is 0 Å². The molecule has 0 spiro atoms. The molecule has 18 heavy (non-hydrogen) atoms. The zero-order valence-electron chi connectivity index (χ0n) is 11.2. The number of halogens is 1. The lowest BCUT2D eigenvalue weighted by Gasteiger charge is -2.05. The predicted molar refractivity (Wildman–Crippen MR) is 76.6 cm³/mol. The summed E-state index contributed by atoms with van der Waals surface area (Å²) in [6.45, 7) is 4.01. The second kappa shape index (κ2) is 7.49. The van der Waals surface area contributed by atoms with Gasteiger partial charge in [-0.15, -0.1) is 0 Å². The summed E-state index contributed by atoms with van der Waals surface area (Å²) < 4.78 is 13.7. The fourth-order valence-corrected chi connectivity index (χ4v) is 1.69. The molecule has 1 N–H and O–H groups in total. The third-order valence-corrected chi connectivity index (χ3v) is 2.65. The van der Waals surface area contributed by atoms with Crippen molar-refractivity contribution in [3.05, 3.63) is 65.6 Å². The highest BCUT2D eigenvalue weighted by atomic mass is 19.1. The van der Waals surface area contributed by atoms with E-state index in [2.05, 4.69) is 5.32 Å². The Hall–Kier alpha value is -1.83. The summed E-state index contributed by atoms with van der Waals surface area (Å²) in [4.78, 5) is 0. The molecule has 1 aromatic rings. The van der Waals surface area contributed by atoms with Crippen LogP contribution in [0, 0.1) is 5.82 Å². The van der Waals surface area contributed by atoms with E-state index in [0.717, 1.165) is 17.7 Å². The number of likely N-dealkylation sites (N-methyl/N-ethyl adjacent to an activating group) is 1. The maximum absolute atomic E-state index is 13.7. The van der Waals surface area contributed by atoms with E-state index in [1.807, 2.05) is 51.3 Å². The third-order valence-electron chi connectivity index (χ3n) is 2.65. The zero-order chi connectivity index (χ0) is 13.4. The van der Waals surface area contributed by atoms with Crippen molar-refractivity contribution in [2.75, 3.05) is 7.05 Å². The van der Waals surface area contributed by atoms with Crippen LogP contribution in [0.5, 0.6) is 0 Å². The highest BCUT2D eigenvalue weighted by Crippen LogP contribution is 2.20. The molecule has 0 aliphatic rings. The van der Waals surface area contributed by atoms with Gasteiger partial charge in [0.15, 0.2) is 0 Å². The van der Waals surface area contributed by atoms with Gasteiger partial charge >= 0.3 is 0 Å². The first kappa shape index (κ1) is 14.2. The highest BCUT2D eigenvalue weighted by Gasteiger charge is 2.03. The molecular weight excluding hydrogens is 225 g/mol. The molecule has 1 nitrogen and oxygen atoms in total. The first-order valence-corrected chi connectivity index (χ1v) is 6.20. The van der Waals surface area contributed by atoms with Gasteiger partial charge in [0.1, 0.15) is 5.82 Å². The molecule has 0 atom stereocenters. The quantitative estimate of drug-likeness (QED) is 0.763. The molecular formula is C16H20FN. The Morgan fingerprint density at radius 2 is 2.00 bits per heavy atom. The second-order valence-electron chi connectivity index (χ2n) is 3.87. The smallest absolute Gasteiger partial charge is 0.131 e. The van der Waals surface area contributed by atoms with Crippen LogP contribution in [0.1, 0.15) is 25.8 Å². The van der Waals surface area contributed by atoms with Gasteiger partial charge in [0.25, 0.3) is 0 Å². The number of hydrogen-bond donors (Lipinski definition) is 1. The van der Waals surface area contributed by atoms with Gasteiger partial charge in [-0.25, -0.2) is 4.39 Å². The minimum atomic E-state index is -0.187. The van der Waals surface area contributed by atoms with Crippen molar-refractivity contribution in [3.8, 4) is 0 Å². The van der Waals surface area contributed by atoms with E-state index in [-0.39, 0.29) is 5.82 Å². The molecule has 0 aliphatic carbocycles. The molecule has 96 valence electrons. The van der Waals surface area contributed by atoms with Crippen LogP contribution in [-0.4, -0.2) is 7.05 Å². The Morgan fingerprint density at radius 1 is 1.28 bits per heavy atom. The largest absolute Gasteiger partial charge is 0.388 e. The van der Waals surface area contributed by atoms with Gasteiger partial charge in [-0.1, -0.05) is 43.4 Å². The maximum Gasteiger partial charge on any atom is 0.131 e. The number of allylic oxidation sites excluding steroid dienone is 5. The molecule has 0 unspecified atom stereocenters. The molecule has 0 heterocycles. The standard InChI is InChI=1S/C16H20FN/c1-4-8-13(11-12-14(5-2)18-3)15-9-6-7-10-16(15)17/h5-12,18H,4H2,1-3H3/b12-11-,13-8-,14-5+. The van der Waals surface area contributed by atoms with E-state index in [9.17, 15) is 4.39 Å². The Morgan fingerprint density at radius 3 is 2.56 bits per heavy atom. The molecule has 1 aromatic carbocycles. The average Bonchev–Trinajstić information content (AvgIpc) is 2.39. The van der Waals surface area contributed by atoms with Crippen LogP contribution in [-0.2, 0) is 0 Å². The van der Waals surface area contributed by atoms with Gasteiger partial charge in [0.2, 0.25) is 0 Å². The minimum Gasteiger partial charge on any atom is -0.388 e. The van der Waals surface area contributed by atoms with Crippen molar-refractivity contribution in [1.82, 2.24) is 5.32 Å². The molecule has 1 rings (SSSR count). The van der Waals surface area contributed by atoms with Crippen LogP contribution in [0.15, 0.2) is 54.3 Å². The molecule has 2 heteroatoms. The van der Waals surface area contributed by atoms with E-state index >= 15 is 0 Å². The Kier molecular flexibility index (Phi) is 5.92. The number of hydrogen-bond acceptors (Lipinski definition) is 1. The van der Waals surface area contributed by atoms with E-state index in [4.69, 9.17) is 0 Å². The van der Waals surface area contributed by atoms with Gasteiger partial charge in [-0.05, 0) is 31.1 Å². The number of benzene rings is 1. The molecule has 0 fully saturated rings. The normalized spacial score (nSPS) is 13.1. The fourth-order valence-electron chi connectivity index (χ4n) is 1.69. The maximum atomic E-state index is 13.7. The van der Waals surface area contributed by atoms with Crippen molar-refractivity contribution < 1.29 is 4.39 Å². The van der Waals surface area contributed by atoms with E-state index in [1.165, 1.54) is 6.07 Å². The Balaban J connectivity index is 3.06. The van der Waals surface area contributed by atoms with E-state index < -0.39 is 0 Å². The summed E-state index contributed by atoms with van der Waals surface area (Å²) in [5.74, 6) is -0.187. The summed E-state index contributed by atoms with van der Waals surface area (Å²) in [5.41, 5.74) is 2.56. The summed E-state index contributed by atoms with van der Waals surface area (Å²) in [5, 5.41) is 3.07. The van der Waals surface area contributed by atoms with Crippen LogP contribution in [0.4, 0.5) is 4.39 Å². The average molecular weight is 245 g/mol. The van der Waals surface area contributed by atoms with E-state index in [0.29, 0.717) is 5.56 Å².